The minimum absolute atomic E-state index is 0.000193. The summed E-state index contributed by atoms with van der Waals surface area (Å²) in [6, 6.07) is 14.8. The van der Waals surface area contributed by atoms with Crippen molar-refractivity contribution >= 4 is 40.9 Å². The minimum atomic E-state index is -0.147. The first-order chi connectivity index (χ1) is 11.6. The average molecular weight is 384 g/mol. The molecule has 2 rings (SSSR count). The summed E-state index contributed by atoms with van der Waals surface area (Å²) in [5, 5.41) is 4.01. The molecule has 0 aromatic heterocycles. The van der Waals surface area contributed by atoms with E-state index < -0.39 is 0 Å². The van der Waals surface area contributed by atoms with E-state index in [1.807, 2.05) is 43.3 Å². The summed E-state index contributed by atoms with van der Waals surface area (Å²) in [5.74, 6) is 0.621. The molecule has 2 aromatic carbocycles. The molecule has 0 aliphatic heterocycles. The SMILES string of the molecule is CC[C@H](Sc1ccc(Cl)cc1)C(=O)NCCOc1ccccc1Cl. The Morgan fingerprint density at radius 1 is 1.17 bits per heavy atom. The van der Waals surface area contributed by atoms with Crippen LogP contribution < -0.4 is 10.1 Å². The van der Waals surface area contributed by atoms with Crippen LogP contribution in [0, 0.1) is 0 Å². The Balaban J connectivity index is 1.77. The first-order valence-corrected chi connectivity index (χ1v) is 9.31. The Hall–Kier alpha value is -1.36. The number of thioether (sulfide) groups is 1. The van der Waals surface area contributed by atoms with Gasteiger partial charge < -0.3 is 10.1 Å². The number of hydrogen-bond donors (Lipinski definition) is 1. The zero-order valence-electron chi connectivity index (χ0n) is 13.3. The molecule has 1 amide bonds. The molecule has 0 saturated carbocycles. The number of ether oxygens (including phenoxy) is 1. The molecule has 1 N–H and O–H groups in total. The van der Waals surface area contributed by atoms with Gasteiger partial charge in [0, 0.05) is 9.92 Å². The average Bonchev–Trinajstić information content (AvgIpc) is 2.59. The van der Waals surface area contributed by atoms with Crippen molar-refractivity contribution < 1.29 is 9.53 Å². The van der Waals surface area contributed by atoms with Crippen LogP contribution in [0.3, 0.4) is 0 Å². The molecule has 6 heteroatoms. The summed E-state index contributed by atoms with van der Waals surface area (Å²) in [5.41, 5.74) is 0. The molecule has 0 saturated heterocycles. The van der Waals surface area contributed by atoms with E-state index in [0.717, 1.165) is 11.3 Å². The third kappa shape index (κ3) is 5.93. The molecule has 0 bridgehead atoms. The van der Waals surface area contributed by atoms with Gasteiger partial charge in [0.05, 0.1) is 16.8 Å². The molecule has 1 atom stereocenters. The molecule has 0 radical (unpaired) electrons. The van der Waals surface area contributed by atoms with Gasteiger partial charge in [0.2, 0.25) is 5.91 Å². The smallest absolute Gasteiger partial charge is 0.233 e. The van der Waals surface area contributed by atoms with Crippen LogP contribution in [0.1, 0.15) is 13.3 Å². The van der Waals surface area contributed by atoms with Crippen molar-refractivity contribution in [1.29, 1.82) is 0 Å². The number of benzene rings is 2. The Morgan fingerprint density at radius 2 is 1.88 bits per heavy atom. The fourth-order valence-electron chi connectivity index (χ4n) is 2.01. The van der Waals surface area contributed by atoms with Gasteiger partial charge in [-0.15, -0.1) is 11.8 Å². The number of halogens is 2. The minimum Gasteiger partial charge on any atom is -0.490 e. The second kappa shape index (κ2) is 9.82. The Morgan fingerprint density at radius 3 is 2.54 bits per heavy atom. The first-order valence-electron chi connectivity index (χ1n) is 7.67. The van der Waals surface area contributed by atoms with E-state index in [2.05, 4.69) is 5.32 Å². The van der Waals surface area contributed by atoms with E-state index >= 15 is 0 Å². The molecular formula is C18H19Cl2NO2S. The van der Waals surface area contributed by atoms with Gasteiger partial charge in [-0.25, -0.2) is 0 Å². The Kier molecular flexibility index (Phi) is 7.76. The van der Waals surface area contributed by atoms with Gasteiger partial charge >= 0.3 is 0 Å². The van der Waals surface area contributed by atoms with Crippen LogP contribution in [-0.4, -0.2) is 24.3 Å². The topological polar surface area (TPSA) is 38.3 Å². The maximum absolute atomic E-state index is 12.3. The quantitative estimate of drug-likeness (QED) is 0.511. The molecule has 3 nitrogen and oxygen atoms in total. The molecule has 24 heavy (non-hydrogen) atoms. The predicted molar refractivity (Wildman–Crippen MR) is 101 cm³/mol. The molecule has 2 aromatic rings. The summed E-state index contributed by atoms with van der Waals surface area (Å²) in [6.07, 6.45) is 0.741. The van der Waals surface area contributed by atoms with Gasteiger partial charge in [0.1, 0.15) is 12.4 Å². The second-order valence-corrected chi connectivity index (χ2v) is 7.16. The van der Waals surface area contributed by atoms with Gasteiger partial charge in [-0.3, -0.25) is 4.79 Å². The second-order valence-electron chi connectivity index (χ2n) is 5.04. The third-order valence-corrected chi connectivity index (χ3v) is 5.19. The lowest BCUT2D eigenvalue weighted by atomic mass is 10.3. The van der Waals surface area contributed by atoms with Crippen molar-refractivity contribution in [3.8, 4) is 5.75 Å². The number of rotatable bonds is 8. The molecule has 0 unspecified atom stereocenters. The van der Waals surface area contributed by atoms with Crippen molar-refractivity contribution in [3.63, 3.8) is 0 Å². The fourth-order valence-corrected chi connectivity index (χ4v) is 3.31. The fraction of sp³-hybridized carbons (Fsp3) is 0.278. The number of amides is 1. The van der Waals surface area contributed by atoms with Gasteiger partial charge in [-0.1, -0.05) is 42.3 Å². The van der Waals surface area contributed by atoms with E-state index in [4.69, 9.17) is 27.9 Å². The highest BCUT2D eigenvalue weighted by Crippen LogP contribution is 2.27. The molecule has 128 valence electrons. The summed E-state index contributed by atoms with van der Waals surface area (Å²) >= 11 is 13.4. The number of carbonyl (C=O) groups is 1. The number of carbonyl (C=O) groups excluding carboxylic acids is 1. The number of para-hydroxylation sites is 1. The maximum Gasteiger partial charge on any atom is 0.233 e. The van der Waals surface area contributed by atoms with Gasteiger partial charge in [0.25, 0.3) is 0 Å². The van der Waals surface area contributed by atoms with Crippen LogP contribution in [0.2, 0.25) is 10.0 Å². The van der Waals surface area contributed by atoms with Crippen molar-refractivity contribution in [2.45, 2.75) is 23.5 Å². The van der Waals surface area contributed by atoms with Crippen LogP contribution in [0.5, 0.6) is 5.75 Å². The highest BCUT2D eigenvalue weighted by atomic mass is 35.5. The largest absolute Gasteiger partial charge is 0.490 e. The van der Waals surface area contributed by atoms with Crippen molar-refractivity contribution in [2.75, 3.05) is 13.2 Å². The molecular weight excluding hydrogens is 365 g/mol. The highest BCUT2D eigenvalue weighted by Gasteiger charge is 2.17. The van der Waals surface area contributed by atoms with Crippen molar-refractivity contribution in [3.05, 3.63) is 58.6 Å². The number of nitrogens with one attached hydrogen (secondary N) is 1. The molecule has 0 spiro atoms. The van der Waals surface area contributed by atoms with E-state index in [1.54, 1.807) is 12.1 Å². The molecule has 0 aliphatic carbocycles. The molecule has 0 aliphatic rings. The monoisotopic (exact) mass is 383 g/mol. The Bertz CT molecular complexity index is 664. The van der Waals surface area contributed by atoms with E-state index in [0.29, 0.717) is 28.9 Å². The van der Waals surface area contributed by atoms with Crippen LogP contribution in [0.15, 0.2) is 53.4 Å². The van der Waals surface area contributed by atoms with Gasteiger partial charge in [-0.2, -0.15) is 0 Å². The predicted octanol–water partition coefficient (Wildman–Crippen LogP) is 5.06. The lowest BCUT2D eigenvalue weighted by Crippen LogP contribution is -2.35. The normalized spacial score (nSPS) is 11.8. The van der Waals surface area contributed by atoms with Crippen LogP contribution in [0.4, 0.5) is 0 Å². The van der Waals surface area contributed by atoms with E-state index in [1.165, 1.54) is 11.8 Å². The summed E-state index contributed by atoms with van der Waals surface area (Å²) in [4.78, 5) is 13.3. The zero-order chi connectivity index (χ0) is 17.4. The lowest BCUT2D eigenvalue weighted by Gasteiger charge is -2.15. The van der Waals surface area contributed by atoms with E-state index in [9.17, 15) is 4.79 Å². The zero-order valence-corrected chi connectivity index (χ0v) is 15.6. The highest BCUT2D eigenvalue weighted by molar-refractivity contribution is 8.00. The number of hydrogen-bond acceptors (Lipinski definition) is 3. The van der Waals surface area contributed by atoms with E-state index in [-0.39, 0.29) is 11.2 Å². The van der Waals surface area contributed by atoms with Gasteiger partial charge in [0.15, 0.2) is 0 Å². The van der Waals surface area contributed by atoms with Crippen molar-refractivity contribution in [1.82, 2.24) is 5.32 Å². The molecule has 0 heterocycles. The van der Waals surface area contributed by atoms with Crippen LogP contribution >= 0.6 is 35.0 Å². The lowest BCUT2D eigenvalue weighted by molar-refractivity contribution is -0.120. The van der Waals surface area contributed by atoms with Crippen LogP contribution in [0.25, 0.3) is 0 Å². The third-order valence-electron chi connectivity index (χ3n) is 3.25. The molecule has 0 fully saturated rings. The maximum atomic E-state index is 12.3. The standard InChI is InChI=1S/C18H19Cl2NO2S/c1-2-17(24-14-9-7-13(19)8-10-14)18(22)21-11-12-23-16-6-4-3-5-15(16)20/h3-10,17H,2,11-12H2,1H3,(H,21,22)/t17-/m0/s1. The Labute approximate surface area is 156 Å². The first kappa shape index (κ1) is 19.0. The summed E-state index contributed by atoms with van der Waals surface area (Å²) in [7, 11) is 0. The summed E-state index contributed by atoms with van der Waals surface area (Å²) < 4.78 is 5.56. The van der Waals surface area contributed by atoms with Crippen LogP contribution in [-0.2, 0) is 4.79 Å². The summed E-state index contributed by atoms with van der Waals surface area (Å²) in [6.45, 7) is 2.80. The van der Waals surface area contributed by atoms with Crippen molar-refractivity contribution in [2.24, 2.45) is 0 Å². The van der Waals surface area contributed by atoms with Gasteiger partial charge in [-0.05, 0) is 42.8 Å².